The molecule has 0 unspecified atom stereocenters. The average molecular weight is 371 g/mol. The van der Waals surface area contributed by atoms with Gasteiger partial charge in [0.15, 0.2) is 5.13 Å². The molecule has 0 bridgehead atoms. The molecular formula is C19H21N3O3S. The number of carbonyl (C=O) groups excluding carboxylic acids is 1. The second-order valence-corrected chi connectivity index (χ2v) is 6.49. The molecule has 26 heavy (non-hydrogen) atoms. The van der Waals surface area contributed by atoms with E-state index in [0.717, 1.165) is 42.7 Å². The number of alkyl carbamates (subject to hydrolysis) is 1. The fourth-order valence-electron chi connectivity index (χ4n) is 2.38. The number of benzene rings is 1. The summed E-state index contributed by atoms with van der Waals surface area (Å²) >= 11 is 1.60. The van der Waals surface area contributed by atoms with E-state index in [1.54, 1.807) is 11.3 Å². The average Bonchev–Trinajstić information content (AvgIpc) is 3.16. The molecule has 0 atom stereocenters. The van der Waals surface area contributed by atoms with Gasteiger partial charge in [0.25, 0.3) is 0 Å². The van der Waals surface area contributed by atoms with Crippen LogP contribution in [-0.2, 0) is 16.1 Å². The van der Waals surface area contributed by atoms with Crippen molar-refractivity contribution in [2.45, 2.75) is 13.0 Å². The number of ether oxygens (including phenoxy) is 2. The highest BCUT2D eigenvalue weighted by Crippen LogP contribution is 2.20. The topological polar surface area (TPSA) is 63.7 Å². The number of hydrogen-bond acceptors (Lipinski definition) is 6. The number of anilines is 1. The molecule has 1 saturated heterocycles. The Bertz CT molecular complexity index is 761. The highest BCUT2D eigenvalue weighted by atomic mass is 32.1. The van der Waals surface area contributed by atoms with E-state index in [-0.39, 0.29) is 6.61 Å². The van der Waals surface area contributed by atoms with Crippen molar-refractivity contribution in [3.63, 3.8) is 0 Å². The minimum Gasteiger partial charge on any atom is -0.445 e. The van der Waals surface area contributed by atoms with Gasteiger partial charge in [-0.2, -0.15) is 0 Å². The third-order valence-electron chi connectivity index (χ3n) is 3.72. The summed E-state index contributed by atoms with van der Waals surface area (Å²) in [5, 5.41) is 5.64. The summed E-state index contributed by atoms with van der Waals surface area (Å²) in [4.78, 5) is 18.4. The van der Waals surface area contributed by atoms with Crippen molar-refractivity contribution in [1.29, 1.82) is 0 Å². The lowest BCUT2D eigenvalue weighted by Crippen LogP contribution is -2.36. The molecule has 1 amide bonds. The first-order chi connectivity index (χ1) is 12.8. The monoisotopic (exact) mass is 371 g/mol. The highest BCUT2D eigenvalue weighted by molar-refractivity contribution is 7.13. The molecule has 2 heterocycles. The van der Waals surface area contributed by atoms with Crippen LogP contribution in [0.1, 0.15) is 17.7 Å². The lowest BCUT2D eigenvalue weighted by Gasteiger charge is -2.25. The predicted molar refractivity (Wildman–Crippen MR) is 101 cm³/mol. The summed E-state index contributed by atoms with van der Waals surface area (Å²) < 4.78 is 10.5. The summed E-state index contributed by atoms with van der Waals surface area (Å²) in [6.07, 6.45) is 0.115. The van der Waals surface area contributed by atoms with E-state index in [0.29, 0.717) is 13.0 Å². The number of rotatable bonds is 5. The normalized spacial score (nSPS) is 13.6. The van der Waals surface area contributed by atoms with Crippen LogP contribution in [0.5, 0.6) is 0 Å². The lowest BCUT2D eigenvalue weighted by atomic mass is 10.2. The number of hydrogen-bond donors (Lipinski definition) is 1. The molecule has 1 aliphatic rings. The Hall–Kier alpha value is -2.56. The number of carbonyl (C=O) groups is 1. The minimum atomic E-state index is -0.432. The highest BCUT2D eigenvalue weighted by Gasteiger charge is 2.13. The van der Waals surface area contributed by atoms with E-state index >= 15 is 0 Å². The first-order valence-electron chi connectivity index (χ1n) is 8.53. The molecule has 136 valence electrons. The summed E-state index contributed by atoms with van der Waals surface area (Å²) in [6, 6.07) is 9.58. The maximum atomic E-state index is 11.6. The van der Waals surface area contributed by atoms with Gasteiger partial charge in [0, 0.05) is 31.4 Å². The molecule has 0 saturated carbocycles. The minimum absolute atomic E-state index is 0.265. The van der Waals surface area contributed by atoms with Crippen LogP contribution < -0.4 is 10.2 Å². The Morgan fingerprint density at radius 1 is 1.31 bits per heavy atom. The van der Waals surface area contributed by atoms with Crippen molar-refractivity contribution in [2.75, 3.05) is 37.7 Å². The Balaban J connectivity index is 1.35. The molecule has 1 aliphatic heterocycles. The summed E-state index contributed by atoms with van der Waals surface area (Å²) in [7, 11) is 0. The summed E-state index contributed by atoms with van der Waals surface area (Å²) in [5.74, 6) is 6.06. The largest absolute Gasteiger partial charge is 0.445 e. The second-order valence-electron chi connectivity index (χ2n) is 5.66. The summed E-state index contributed by atoms with van der Waals surface area (Å²) in [5.41, 5.74) is 1.73. The van der Waals surface area contributed by atoms with E-state index < -0.39 is 6.09 Å². The van der Waals surface area contributed by atoms with Crippen molar-refractivity contribution < 1.29 is 14.3 Å². The molecule has 0 spiro atoms. The molecule has 1 aromatic carbocycles. The van der Waals surface area contributed by atoms with Gasteiger partial charge in [0.2, 0.25) is 0 Å². The molecule has 0 radical (unpaired) electrons. The second kappa shape index (κ2) is 9.80. The van der Waals surface area contributed by atoms with Crippen molar-refractivity contribution in [3.8, 4) is 11.8 Å². The zero-order valence-corrected chi connectivity index (χ0v) is 15.3. The molecule has 7 heteroatoms. The maximum absolute atomic E-state index is 11.6. The molecule has 2 aromatic rings. The van der Waals surface area contributed by atoms with Crippen LogP contribution in [0.3, 0.4) is 0 Å². The standard InChI is InChI=1S/C19H21N3O3S/c23-19(25-14-16-6-2-1-3-7-16)20-9-5-4-8-17-15-26-18(21-17)22-10-12-24-13-11-22/h1-3,6-7,15H,5,9-14H2,(H,20,23). The van der Waals surface area contributed by atoms with E-state index in [1.165, 1.54) is 0 Å². The zero-order valence-electron chi connectivity index (χ0n) is 14.4. The van der Waals surface area contributed by atoms with Gasteiger partial charge in [-0.05, 0) is 11.5 Å². The third-order valence-corrected chi connectivity index (χ3v) is 4.62. The van der Waals surface area contributed by atoms with E-state index in [9.17, 15) is 4.79 Å². The number of nitrogens with one attached hydrogen (secondary N) is 1. The van der Waals surface area contributed by atoms with E-state index in [1.807, 2.05) is 35.7 Å². The van der Waals surface area contributed by atoms with E-state index in [4.69, 9.17) is 9.47 Å². The fraction of sp³-hybridized carbons (Fsp3) is 0.368. The molecule has 0 aliphatic carbocycles. The number of amides is 1. The van der Waals surface area contributed by atoms with Gasteiger partial charge in [0.1, 0.15) is 12.3 Å². The van der Waals surface area contributed by atoms with Gasteiger partial charge in [-0.15, -0.1) is 11.3 Å². The first-order valence-corrected chi connectivity index (χ1v) is 9.41. The SMILES string of the molecule is O=C(NCCC#Cc1csc(N2CCOCC2)n1)OCc1ccccc1. The lowest BCUT2D eigenvalue weighted by molar-refractivity contribution is 0.122. The van der Waals surface area contributed by atoms with Gasteiger partial charge in [0.05, 0.1) is 13.2 Å². The fourth-order valence-corrected chi connectivity index (χ4v) is 3.19. The van der Waals surface area contributed by atoms with Crippen LogP contribution in [0.15, 0.2) is 35.7 Å². The Morgan fingerprint density at radius 3 is 2.92 bits per heavy atom. The molecule has 6 nitrogen and oxygen atoms in total. The first kappa shape index (κ1) is 18.2. The number of thiazole rings is 1. The molecule has 1 fully saturated rings. The van der Waals surface area contributed by atoms with Crippen LogP contribution >= 0.6 is 11.3 Å². The number of nitrogens with zero attached hydrogens (tertiary/aromatic N) is 2. The molecule has 1 aromatic heterocycles. The smallest absolute Gasteiger partial charge is 0.407 e. The Kier molecular flexibility index (Phi) is 6.88. The maximum Gasteiger partial charge on any atom is 0.407 e. The van der Waals surface area contributed by atoms with E-state index in [2.05, 4.69) is 27.0 Å². The predicted octanol–water partition coefficient (Wildman–Crippen LogP) is 2.65. The number of aromatic nitrogens is 1. The van der Waals surface area contributed by atoms with Crippen LogP contribution in [0.25, 0.3) is 0 Å². The zero-order chi connectivity index (χ0) is 18.0. The number of morpholine rings is 1. The molecule has 1 N–H and O–H groups in total. The quantitative estimate of drug-likeness (QED) is 0.647. The van der Waals surface area contributed by atoms with Gasteiger partial charge in [-0.3, -0.25) is 0 Å². The summed E-state index contributed by atoms with van der Waals surface area (Å²) in [6.45, 7) is 3.94. The van der Waals surface area contributed by atoms with Gasteiger partial charge >= 0.3 is 6.09 Å². The van der Waals surface area contributed by atoms with Gasteiger partial charge in [-0.1, -0.05) is 36.3 Å². The molecule has 3 rings (SSSR count). The molecular weight excluding hydrogens is 350 g/mol. The Labute approximate surface area is 157 Å². The van der Waals surface area contributed by atoms with Crippen LogP contribution in [0.4, 0.5) is 9.93 Å². The van der Waals surface area contributed by atoms with Crippen molar-refractivity contribution >= 4 is 22.6 Å². The van der Waals surface area contributed by atoms with Crippen molar-refractivity contribution in [1.82, 2.24) is 10.3 Å². The van der Waals surface area contributed by atoms with Gasteiger partial charge in [-0.25, -0.2) is 9.78 Å². The Morgan fingerprint density at radius 2 is 2.12 bits per heavy atom. The van der Waals surface area contributed by atoms with Crippen molar-refractivity contribution in [2.24, 2.45) is 0 Å². The van der Waals surface area contributed by atoms with Crippen LogP contribution in [-0.4, -0.2) is 43.9 Å². The van der Waals surface area contributed by atoms with Crippen LogP contribution in [0.2, 0.25) is 0 Å². The van der Waals surface area contributed by atoms with Gasteiger partial charge < -0.3 is 19.7 Å². The van der Waals surface area contributed by atoms with Crippen LogP contribution in [0, 0.1) is 11.8 Å². The third kappa shape index (κ3) is 5.76. The van der Waals surface area contributed by atoms with Crippen molar-refractivity contribution in [3.05, 3.63) is 47.0 Å².